The predicted molar refractivity (Wildman–Crippen MR) is 48.5 cm³/mol. The molecule has 0 aromatic heterocycles. The number of carboxylic acids is 1. The van der Waals surface area contributed by atoms with Gasteiger partial charge >= 0.3 is 5.97 Å². The van der Waals surface area contributed by atoms with Gasteiger partial charge in [-0.05, 0) is 12.1 Å². The number of aromatic carboxylic acids is 1. The molecule has 0 aliphatic heterocycles. The van der Waals surface area contributed by atoms with Crippen LogP contribution in [0.25, 0.3) is 0 Å². The average molecular weight is 210 g/mol. The Balaban J connectivity index is 3.56. The molecule has 1 rings (SSSR count). The molecule has 0 saturated carbocycles. The van der Waals surface area contributed by atoms with E-state index in [1.165, 1.54) is 12.1 Å². The molecule has 0 heterocycles. The highest BCUT2D eigenvalue weighted by atomic mass is 35.5. The standard InChI is InChI=1S/C9H4ClNO3/c10-8-5(3-11)1-2-6(4-12)7(8)9(13)14/h1-2,4H,(H,13,14). The van der Waals surface area contributed by atoms with Crippen molar-refractivity contribution in [1.29, 1.82) is 5.26 Å². The van der Waals surface area contributed by atoms with E-state index < -0.39 is 5.97 Å². The number of aldehydes is 1. The highest BCUT2D eigenvalue weighted by Gasteiger charge is 2.17. The Morgan fingerprint density at radius 3 is 2.64 bits per heavy atom. The van der Waals surface area contributed by atoms with Gasteiger partial charge in [-0.15, -0.1) is 0 Å². The second-order valence-electron chi connectivity index (χ2n) is 2.43. The summed E-state index contributed by atoms with van der Waals surface area (Å²) < 4.78 is 0. The summed E-state index contributed by atoms with van der Waals surface area (Å²) in [5, 5.41) is 17.1. The van der Waals surface area contributed by atoms with Crippen LogP contribution in [0, 0.1) is 11.3 Å². The number of carbonyl (C=O) groups excluding carboxylic acids is 1. The third kappa shape index (κ3) is 1.58. The van der Waals surface area contributed by atoms with Crippen LogP contribution in [0.15, 0.2) is 12.1 Å². The molecule has 0 saturated heterocycles. The Bertz CT molecular complexity index is 448. The predicted octanol–water partition coefficient (Wildman–Crippen LogP) is 1.72. The Hall–Kier alpha value is -1.86. The Labute approximate surface area is 84.3 Å². The Morgan fingerprint density at radius 2 is 2.21 bits per heavy atom. The van der Waals surface area contributed by atoms with E-state index in [9.17, 15) is 9.59 Å². The molecule has 1 N–H and O–H groups in total. The van der Waals surface area contributed by atoms with Crippen molar-refractivity contribution >= 4 is 23.9 Å². The van der Waals surface area contributed by atoms with Crippen molar-refractivity contribution in [2.45, 2.75) is 0 Å². The molecule has 0 amide bonds. The van der Waals surface area contributed by atoms with Gasteiger partial charge in [0.05, 0.1) is 16.1 Å². The number of halogens is 1. The van der Waals surface area contributed by atoms with Gasteiger partial charge < -0.3 is 5.11 Å². The van der Waals surface area contributed by atoms with Crippen LogP contribution in [-0.2, 0) is 0 Å². The number of nitrogens with zero attached hydrogens (tertiary/aromatic N) is 1. The van der Waals surface area contributed by atoms with Crippen molar-refractivity contribution in [1.82, 2.24) is 0 Å². The van der Waals surface area contributed by atoms with Crippen molar-refractivity contribution in [2.75, 3.05) is 0 Å². The van der Waals surface area contributed by atoms with Crippen molar-refractivity contribution < 1.29 is 14.7 Å². The van der Waals surface area contributed by atoms with Gasteiger partial charge in [0.2, 0.25) is 0 Å². The molecule has 0 aliphatic carbocycles. The quantitative estimate of drug-likeness (QED) is 0.753. The fourth-order valence-electron chi connectivity index (χ4n) is 0.993. The monoisotopic (exact) mass is 209 g/mol. The first kappa shape index (κ1) is 10.2. The number of carboxylic acid groups (broad SMARTS) is 1. The van der Waals surface area contributed by atoms with Crippen LogP contribution in [0.3, 0.4) is 0 Å². The van der Waals surface area contributed by atoms with E-state index in [1.54, 1.807) is 6.07 Å². The van der Waals surface area contributed by atoms with Crippen LogP contribution in [0.1, 0.15) is 26.3 Å². The van der Waals surface area contributed by atoms with Gasteiger partial charge in [-0.1, -0.05) is 11.6 Å². The Morgan fingerprint density at radius 1 is 1.57 bits per heavy atom. The zero-order valence-corrected chi connectivity index (χ0v) is 7.58. The Kier molecular flexibility index (Phi) is 2.85. The van der Waals surface area contributed by atoms with E-state index in [4.69, 9.17) is 22.0 Å². The van der Waals surface area contributed by atoms with E-state index in [2.05, 4.69) is 0 Å². The number of hydrogen-bond acceptors (Lipinski definition) is 3. The molecule has 0 aliphatic rings. The molecule has 0 atom stereocenters. The van der Waals surface area contributed by atoms with E-state index in [-0.39, 0.29) is 21.7 Å². The van der Waals surface area contributed by atoms with E-state index in [0.717, 1.165) is 0 Å². The van der Waals surface area contributed by atoms with Crippen molar-refractivity contribution in [3.63, 3.8) is 0 Å². The van der Waals surface area contributed by atoms with Crippen LogP contribution in [0.4, 0.5) is 0 Å². The summed E-state index contributed by atoms with van der Waals surface area (Å²) in [5.74, 6) is -1.32. The maximum Gasteiger partial charge on any atom is 0.337 e. The lowest BCUT2D eigenvalue weighted by Gasteiger charge is -2.02. The minimum absolute atomic E-state index is 0.0367. The first-order valence-corrected chi connectivity index (χ1v) is 3.90. The summed E-state index contributed by atoms with van der Waals surface area (Å²) in [6.07, 6.45) is 0.385. The van der Waals surface area contributed by atoms with Gasteiger partial charge in [0.15, 0.2) is 6.29 Å². The second-order valence-corrected chi connectivity index (χ2v) is 2.80. The smallest absolute Gasteiger partial charge is 0.337 e. The van der Waals surface area contributed by atoms with Gasteiger partial charge in [-0.2, -0.15) is 5.26 Å². The summed E-state index contributed by atoms with van der Waals surface area (Å²) in [6.45, 7) is 0. The number of hydrogen-bond donors (Lipinski definition) is 1. The lowest BCUT2D eigenvalue weighted by Crippen LogP contribution is -2.04. The second kappa shape index (κ2) is 3.90. The fourth-order valence-corrected chi connectivity index (χ4v) is 1.29. The van der Waals surface area contributed by atoms with E-state index >= 15 is 0 Å². The first-order chi connectivity index (χ1) is 6.61. The molecular formula is C9H4ClNO3. The third-order valence-corrected chi connectivity index (χ3v) is 2.03. The average Bonchev–Trinajstić information content (AvgIpc) is 2.16. The molecule has 0 bridgehead atoms. The van der Waals surface area contributed by atoms with E-state index in [1.807, 2.05) is 0 Å². The molecule has 0 unspecified atom stereocenters. The van der Waals surface area contributed by atoms with Crippen LogP contribution < -0.4 is 0 Å². The summed E-state index contributed by atoms with van der Waals surface area (Å²) in [4.78, 5) is 21.2. The van der Waals surface area contributed by atoms with Crippen LogP contribution in [0.5, 0.6) is 0 Å². The van der Waals surface area contributed by atoms with Gasteiger partial charge in [0.25, 0.3) is 0 Å². The lowest BCUT2D eigenvalue weighted by molar-refractivity contribution is 0.0694. The van der Waals surface area contributed by atoms with Crippen molar-refractivity contribution in [2.24, 2.45) is 0 Å². The number of rotatable bonds is 2. The molecule has 0 fully saturated rings. The highest BCUT2D eigenvalue weighted by molar-refractivity contribution is 6.35. The third-order valence-electron chi connectivity index (χ3n) is 1.64. The summed E-state index contributed by atoms with van der Waals surface area (Å²) in [6, 6.07) is 4.29. The minimum atomic E-state index is -1.32. The largest absolute Gasteiger partial charge is 0.478 e. The molecule has 70 valence electrons. The van der Waals surface area contributed by atoms with Gasteiger partial charge in [-0.25, -0.2) is 4.79 Å². The van der Waals surface area contributed by atoms with Crippen LogP contribution >= 0.6 is 11.6 Å². The fraction of sp³-hybridized carbons (Fsp3) is 0. The summed E-state index contributed by atoms with van der Waals surface area (Å²) >= 11 is 5.63. The highest BCUT2D eigenvalue weighted by Crippen LogP contribution is 2.23. The maximum absolute atomic E-state index is 10.7. The maximum atomic E-state index is 10.7. The normalized spacial score (nSPS) is 9.14. The van der Waals surface area contributed by atoms with Crippen LogP contribution in [0.2, 0.25) is 5.02 Å². The van der Waals surface area contributed by atoms with Crippen molar-refractivity contribution in [3.05, 3.63) is 33.8 Å². The molecule has 1 aromatic carbocycles. The van der Waals surface area contributed by atoms with Crippen molar-refractivity contribution in [3.8, 4) is 6.07 Å². The zero-order chi connectivity index (χ0) is 10.7. The first-order valence-electron chi connectivity index (χ1n) is 3.53. The SMILES string of the molecule is N#Cc1ccc(C=O)c(C(=O)O)c1Cl. The van der Waals surface area contributed by atoms with Gasteiger partial charge in [-0.3, -0.25) is 4.79 Å². The number of nitriles is 1. The molecule has 14 heavy (non-hydrogen) atoms. The molecule has 1 aromatic rings. The van der Waals surface area contributed by atoms with E-state index in [0.29, 0.717) is 6.29 Å². The van der Waals surface area contributed by atoms with Gasteiger partial charge in [0.1, 0.15) is 6.07 Å². The molecule has 4 nitrogen and oxygen atoms in total. The number of carbonyl (C=O) groups is 2. The zero-order valence-electron chi connectivity index (χ0n) is 6.82. The molecule has 0 spiro atoms. The molecule has 5 heteroatoms. The topological polar surface area (TPSA) is 78.2 Å². The number of benzene rings is 1. The van der Waals surface area contributed by atoms with Crippen LogP contribution in [-0.4, -0.2) is 17.4 Å². The summed E-state index contributed by atoms with van der Waals surface area (Å²) in [7, 11) is 0. The lowest BCUT2D eigenvalue weighted by atomic mass is 10.1. The molecular weight excluding hydrogens is 206 g/mol. The summed E-state index contributed by atoms with van der Waals surface area (Å²) in [5.41, 5.74) is -0.336. The molecule has 0 radical (unpaired) electrons. The van der Waals surface area contributed by atoms with Gasteiger partial charge in [0, 0.05) is 5.56 Å². The minimum Gasteiger partial charge on any atom is -0.478 e.